The van der Waals surface area contributed by atoms with Crippen molar-refractivity contribution in [2.45, 2.75) is 6.61 Å². The van der Waals surface area contributed by atoms with E-state index >= 15 is 0 Å². The highest BCUT2D eigenvalue weighted by atomic mass is 32.1. The summed E-state index contributed by atoms with van der Waals surface area (Å²) in [5, 5.41) is 10.0. The molecular formula is C18H16N6OS. The standard InChI is InChI=1S/C18H16N6OS/c19-16-22-17(23-24(16)18-20-9-10-26-18)21-14-7-4-8-15(11-14)25-12-13-5-2-1-3-6-13/h1-11H,12H2,(H3,19,21,22,23). The molecule has 4 aromatic rings. The second-order valence-corrected chi connectivity index (χ2v) is 6.32. The van der Waals surface area contributed by atoms with Crippen LogP contribution in [0.2, 0.25) is 0 Å². The molecule has 0 amide bonds. The van der Waals surface area contributed by atoms with E-state index in [-0.39, 0.29) is 5.95 Å². The van der Waals surface area contributed by atoms with Crippen LogP contribution in [0.3, 0.4) is 0 Å². The minimum Gasteiger partial charge on any atom is -0.489 e. The van der Waals surface area contributed by atoms with Crippen molar-refractivity contribution >= 4 is 28.9 Å². The van der Waals surface area contributed by atoms with Crippen LogP contribution in [0, 0.1) is 0 Å². The van der Waals surface area contributed by atoms with Crippen molar-refractivity contribution in [1.29, 1.82) is 0 Å². The highest BCUT2D eigenvalue weighted by Crippen LogP contribution is 2.22. The maximum absolute atomic E-state index is 5.92. The first kappa shape index (κ1) is 16.1. The molecule has 0 bridgehead atoms. The lowest BCUT2D eigenvalue weighted by molar-refractivity contribution is 0.306. The van der Waals surface area contributed by atoms with Crippen LogP contribution in [0.15, 0.2) is 66.2 Å². The fourth-order valence-electron chi connectivity index (χ4n) is 2.37. The summed E-state index contributed by atoms with van der Waals surface area (Å²) < 4.78 is 7.34. The zero-order valence-electron chi connectivity index (χ0n) is 13.7. The topological polar surface area (TPSA) is 90.9 Å². The largest absolute Gasteiger partial charge is 0.489 e. The molecule has 4 rings (SSSR count). The first-order valence-corrected chi connectivity index (χ1v) is 8.82. The van der Waals surface area contributed by atoms with Gasteiger partial charge in [-0.05, 0) is 17.7 Å². The Kier molecular flexibility index (Phi) is 4.48. The summed E-state index contributed by atoms with van der Waals surface area (Å²) in [6, 6.07) is 17.6. The number of hydrogen-bond acceptors (Lipinski definition) is 7. The molecule has 0 atom stereocenters. The molecule has 0 radical (unpaired) electrons. The zero-order valence-corrected chi connectivity index (χ0v) is 14.6. The molecule has 7 nitrogen and oxygen atoms in total. The summed E-state index contributed by atoms with van der Waals surface area (Å²) in [7, 11) is 0. The zero-order chi connectivity index (χ0) is 17.8. The Morgan fingerprint density at radius 1 is 1.12 bits per heavy atom. The molecule has 130 valence electrons. The predicted octanol–water partition coefficient (Wildman–Crippen LogP) is 3.63. The molecule has 0 aliphatic heterocycles. The molecule has 0 aliphatic carbocycles. The average molecular weight is 364 g/mol. The molecular weight excluding hydrogens is 348 g/mol. The first-order chi connectivity index (χ1) is 12.8. The number of thiazole rings is 1. The third-order valence-corrected chi connectivity index (χ3v) is 4.32. The van der Waals surface area contributed by atoms with E-state index in [0.717, 1.165) is 17.0 Å². The minimum absolute atomic E-state index is 0.277. The lowest BCUT2D eigenvalue weighted by Gasteiger charge is -2.08. The van der Waals surface area contributed by atoms with Gasteiger partial charge in [-0.15, -0.1) is 16.4 Å². The van der Waals surface area contributed by atoms with E-state index in [1.54, 1.807) is 6.20 Å². The normalized spacial score (nSPS) is 10.6. The number of nitrogen functional groups attached to an aromatic ring is 1. The summed E-state index contributed by atoms with van der Waals surface area (Å²) in [5.74, 6) is 1.43. The first-order valence-electron chi connectivity index (χ1n) is 7.94. The Balaban J connectivity index is 1.46. The molecule has 0 saturated heterocycles. The van der Waals surface area contributed by atoms with Crippen molar-refractivity contribution in [2.75, 3.05) is 11.1 Å². The molecule has 0 spiro atoms. The summed E-state index contributed by atoms with van der Waals surface area (Å²) in [6.45, 7) is 0.508. The van der Waals surface area contributed by atoms with Crippen LogP contribution in [0.1, 0.15) is 5.56 Å². The molecule has 0 fully saturated rings. The van der Waals surface area contributed by atoms with Crippen LogP contribution in [-0.4, -0.2) is 19.7 Å². The van der Waals surface area contributed by atoms with Gasteiger partial charge < -0.3 is 15.8 Å². The minimum atomic E-state index is 0.277. The van der Waals surface area contributed by atoms with Gasteiger partial charge in [-0.2, -0.15) is 9.67 Å². The number of nitrogens with one attached hydrogen (secondary N) is 1. The van der Waals surface area contributed by atoms with Crippen LogP contribution in [0.5, 0.6) is 5.75 Å². The van der Waals surface area contributed by atoms with Crippen LogP contribution < -0.4 is 15.8 Å². The second kappa shape index (κ2) is 7.24. The molecule has 0 saturated carbocycles. The van der Waals surface area contributed by atoms with Gasteiger partial charge in [0.15, 0.2) is 0 Å². The molecule has 2 aromatic carbocycles. The van der Waals surface area contributed by atoms with Gasteiger partial charge in [0.1, 0.15) is 12.4 Å². The number of aromatic nitrogens is 4. The third-order valence-electron chi connectivity index (χ3n) is 3.57. The molecule has 0 unspecified atom stereocenters. The van der Waals surface area contributed by atoms with Crippen molar-refractivity contribution < 1.29 is 4.74 Å². The van der Waals surface area contributed by atoms with Crippen molar-refractivity contribution in [3.05, 3.63) is 71.7 Å². The molecule has 8 heteroatoms. The van der Waals surface area contributed by atoms with Gasteiger partial charge in [-0.1, -0.05) is 36.4 Å². The van der Waals surface area contributed by atoms with Gasteiger partial charge in [0.05, 0.1) is 0 Å². The van der Waals surface area contributed by atoms with E-state index in [0.29, 0.717) is 17.7 Å². The lowest BCUT2D eigenvalue weighted by Crippen LogP contribution is -2.01. The van der Waals surface area contributed by atoms with Crippen molar-refractivity contribution in [2.24, 2.45) is 0 Å². The number of ether oxygens (including phenoxy) is 1. The van der Waals surface area contributed by atoms with Gasteiger partial charge in [-0.3, -0.25) is 0 Å². The SMILES string of the molecule is Nc1nc(Nc2cccc(OCc3ccccc3)c2)nn1-c1nccs1. The van der Waals surface area contributed by atoms with Gasteiger partial charge in [0.2, 0.25) is 17.0 Å². The van der Waals surface area contributed by atoms with Gasteiger partial charge in [0.25, 0.3) is 0 Å². The second-order valence-electron chi connectivity index (χ2n) is 5.45. The van der Waals surface area contributed by atoms with E-state index in [9.17, 15) is 0 Å². The highest BCUT2D eigenvalue weighted by molar-refractivity contribution is 7.12. The molecule has 0 aliphatic rings. The summed E-state index contributed by atoms with van der Waals surface area (Å²) in [4.78, 5) is 8.42. The average Bonchev–Trinajstić information content (AvgIpc) is 3.31. The third kappa shape index (κ3) is 3.65. The van der Waals surface area contributed by atoms with E-state index in [1.165, 1.54) is 16.0 Å². The smallest absolute Gasteiger partial charge is 0.248 e. The predicted molar refractivity (Wildman–Crippen MR) is 102 cm³/mol. The quantitative estimate of drug-likeness (QED) is 0.543. The molecule has 3 N–H and O–H groups in total. The number of anilines is 3. The summed E-state index contributed by atoms with van der Waals surface area (Å²) >= 11 is 1.44. The highest BCUT2D eigenvalue weighted by Gasteiger charge is 2.11. The van der Waals surface area contributed by atoms with Crippen molar-refractivity contribution in [1.82, 2.24) is 19.7 Å². The van der Waals surface area contributed by atoms with Crippen LogP contribution in [0.25, 0.3) is 5.13 Å². The lowest BCUT2D eigenvalue weighted by atomic mass is 10.2. The number of hydrogen-bond donors (Lipinski definition) is 2. The van der Waals surface area contributed by atoms with E-state index in [1.807, 2.05) is 60.0 Å². The van der Waals surface area contributed by atoms with E-state index in [4.69, 9.17) is 10.5 Å². The number of rotatable bonds is 6. The Hall–Kier alpha value is -3.39. The number of benzene rings is 2. The van der Waals surface area contributed by atoms with Crippen molar-refractivity contribution in [3.8, 4) is 10.9 Å². The maximum Gasteiger partial charge on any atom is 0.248 e. The van der Waals surface area contributed by atoms with E-state index < -0.39 is 0 Å². The monoisotopic (exact) mass is 364 g/mol. The van der Waals surface area contributed by atoms with Crippen LogP contribution >= 0.6 is 11.3 Å². The fourth-order valence-corrected chi connectivity index (χ4v) is 2.97. The molecule has 26 heavy (non-hydrogen) atoms. The van der Waals surface area contributed by atoms with Crippen LogP contribution in [0.4, 0.5) is 17.6 Å². The van der Waals surface area contributed by atoms with Gasteiger partial charge in [0, 0.05) is 23.3 Å². The van der Waals surface area contributed by atoms with E-state index in [2.05, 4.69) is 20.4 Å². The Labute approximate surface area is 154 Å². The summed E-state index contributed by atoms with van der Waals surface area (Å²) in [6.07, 6.45) is 1.70. The fraction of sp³-hybridized carbons (Fsp3) is 0.0556. The Morgan fingerprint density at radius 3 is 2.81 bits per heavy atom. The number of nitrogens with zero attached hydrogens (tertiary/aromatic N) is 4. The summed E-state index contributed by atoms with van der Waals surface area (Å²) in [5.41, 5.74) is 7.84. The van der Waals surface area contributed by atoms with Crippen molar-refractivity contribution in [3.63, 3.8) is 0 Å². The van der Waals surface area contributed by atoms with Gasteiger partial charge >= 0.3 is 0 Å². The Morgan fingerprint density at radius 2 is 2.00 bits per heavy atom. The number of nitrogens with two attached hydrogens (primary N) is 1. The molecule has 2 aromatic heterocycles. The van der Waals surface area contributed by atoms with Crippen LogP contribution in [-0.2, 0) is 6.61 Å². The Bertz CT molecular complexity index is 984. The maximum atomic E-state index is 5.92. The van der Waals surface area contributed by atoms with Gasteiger partial charge in [-0.25, -0.2) is 4.98 Å². The molecule has 2 heterocycles.